The van der Waals surface area contributed by atoms with Crippen LogP contribution in [-0.2, 0) is 4.79 Å². The smallest absolute Gasteiger partial charge is 0.273 e. The molecule has 3 aromatic rings. The number of aryl methyl sites for hydroxylation is 2. The number of hydrogen-bond donors (Lipinski definition) is 1. The molecule has 0 bridgehead atoms. The van der Waals surface area contributed by atoms with Crippen molar-refractivity contribution >= 4 is 62.9 Å². The van der Waals surface area contributed by atoms with Crippen LogP contribution in [0.2, 0.25) is 10.0 Å². The van der Waals surface area contributed by atoms with Gasteiger partial charge in [-0.05, 0) is 43.2 Å². The molecule has 0 aliphatic carbocycles. The van der Waals surface area contributed by atoms with Gasteiger partial charge in [0.05, 0.1) is 16.6 Å². The maximum atomic E-state index is 13.0. The van der Waals surface area contributed by atoms with E-state index in [0.29, 0.717) is 53.6 Å². The fraction of sp³-hybridized carbons (Fsp3) is 0.393. The van der Waals surface area contributed by atoms with Crippen LogP contribution in [0.15, 0.2) is 41.8 Å². The van der Waals surface area contributed by atoms with Crippen molar-refractivity contribution in [2.45, 2.75) is 13.8 Å². The second kappa shape index (κ2) is 12.1. The van der Waals surface area contributed by atoms with Gasteiger partial charge >= 0.3 is 0 Å². The van der Waals surface area contributed by atoms with Crippen molar-refractivity contribution in [3.05, 3.63) is 68.6 Å². The van der Waals surface area contributed by atoms with E-state index in [0.717, 1.165) is 31.9 Å². The summed E-state index contributed by atoms with van der Waals surface area (Å²) >= 11 is 13.4. The number of para-hydroxylation sites is 1. The summed E-state index contributed by atoms with van der Waals surface area (Å²) in [6.45, 7) is 10.3. The molecule has 11 heteroatoms. The van der Waals surface area contributed by atoms with Crippen LogP contribution in [0.1, 0.15) is 21.6 Å². The summed E-state index contributed by atoms with van der Waals surface area (Å²) in [4.78, 5) is 38.8. The van der Waals surface area contributed by atoms with E-state index in [1.165, 1.54) is 28.2 Å². The molecule has 2 fully saturated rings. The molecule has 0 spiro atoms. The van der Waals surface area contributed by atoms with E-state index in [1.807, 2.05) is 15.9 Å². The van der Waals surface area contributed by atoms with E-state index in [4.69, 9.17) is 23.2 Å². The molecule has 2 amide bonds. The monoisotopic (exact) mass is 586 g/mol. The molecule has 5 rings (SSSR count). The molecule has 2 saturated heterocycles. The number of amides is 2. The van der Waals surface area contributed by atoms with Gasteiger partial charge in [-0.2, -0.15) is 0 Å². The SMILES string of the molecule is Cc1cccc(C)c1N1CCN(C(=O)CN2CCN(C(=O)c3csc(Nc4ccc(Cl)c(Cl)c4)n3)CC2)CC1. The molecular formula is C28H32Cl2N6O2S. The average Bonchev–Trinajstić information content (AvgIpc) is 3.39. The lowest BCUT2D eigenvalue weighted by atomic mass is 10.1. The fourth-order valence-electron chi connectivity index (χ4n) is 5.17. The van der Waals surface area contributed by atoms with Gasteiger partial charge in [0.2, 0.25) is 5.91 Å². The van der Waals surface area contributed by atoms with Crippen LogP contribution < -0.4 is 10.2 Å². The summed E-state index contributed by atoms with van der Waals surface area (Å²) in [6, 6.07) is 11.6. The Morgan fingerprint density at radius 1 is 0.897 bits per heavy atom. The van der Waals surface area contributed by atoms with Gasteiger partial charge < -0.3 is 20.0 Å². The number of thiazole rings is 1. The molecule has 39 heavy (non-hydrogen) atoms. The van der Waals surface area contributed by atoms with Gasteiger partial charge in [0.15, 0.2) is 5.13 Å². The Kier molecular flexibility index (Phi) is 8.61. The van der Waals surface area contributed by atoms with Crippen LogP contribution in [0.5, 0.6) is 0 Å². The lowest BCUT2D eigenvalue weighted by Crippen LogP contribution is -2.54. The number of piperazine rings is 2. The van der Waals surface area contributed by atoms with Crippen molar-refractivity contribution < 1.29 is 9.59 Å². The highest BCUT2D eigenvalue weighted by Gasteiger charge is 2.28. The first-order valence-electron chi connectivity index (χ1n) is 13.1. The molecule has 2 aromatic carbocycles. The van der Waals surface area contributed by atoms with E-state index in [1.54, 1.807) is 17.5 Å². The van der Waals surface area contributed by atoms with Crippen LogP contribution in [0.3, 0.4) is 0 Å². The van der Waals surface area contributed by atoms with E-state index in [9.17, 15) is 9.59 Å². The number of carbonyl (C=O) groups is 2. The van der Waals surface area contributed by atoms with Crippen LogP contribution in [0, 0.1) is 13.8 Å². The lowest BCUT2D eigenvalue weighted by molar-refractivity contribution is -0.133. The predicted molar refractivity (Wildman–Crippen MR) is 159 cm³/mol. The summed E-state index contributed by atoms with van der Waals surface area (Å²) in [5, 5.41) is 6.47. The Labute approximate surface area is 243 Å². The quantitative estimate of drug-likeness (QED) is 0.442. The van der Waals surface area contributed by atoms with Crippen molar-refractivity contribution in [1.29, 1.82) is 0 Å². The molecule has 0 atom stereocenters. The molecule has 1 N–H and O–H groups in total. The number of nitrogens with zero attached hydrogens (tertiary/aromatic N) is 5. The molecule has 0 radical (unpaired) electrons. The first-order valence-corrected chi connectivity index (χ1v) is 14.7. The topological polar surface area (TPSA) is 72.0 Å². The number of halogens is 2. The Morgan fingerprint density at radius 2 is 1.56 bits per heavy atom. The predicted octanol–water partition coefficient (Wildman–Crippen LogP) is 4.92. The maximum absolute atomic E-state index is 13.0. The number of benzene rings is 2. The van der Waals surface area contributed by atoms with Gasteiger partial charge in [0, 0.05) is 69.1 Å². The third-order valence-corrected chi connectivity index (χ3v) is 8.80. The maximum Gasteiger partial charge on any atom is 0.273 e. The van der Waals surface area contributed by atoms with Gasteiger partial charge in [-0.3, -0.25) is 14.5 Å². The van der Waals surface area contributed by atoms with Gasteiger partial charge in [0.25, 0.3) is 5.91 Å². The summed E-state index contributed by atoms with van der Waals surface area (Å²) in [5.41, 5.74) is 5.01. The Hall–Kier alpha value is -2.85. The normalized spacial score (nSPS) is 16.5. The highest BCUT2D eigenvalue weighted by Crippen LogP contribution is 2.29. The summed E-state index contributed by atoms with van der Waals surface area (Å²) in [6.07, 6.45) is 0. The fourth-order valence-corrected chi connectivity index (χ4v) is 6.18. The molecule has 2 aliphatic rings. The molecule has 3 heterocycles. The van der Waals surface area contributed by atoms with Gasteiger partial charge in [0.1, 0.15) is 5.69 Å². The summed E-state index contributed by atoms with van der Waals surface area (Å²) in [5.74, 6) is 0.0653. The molecule has 1 aromatic heterocycles. The van der Waals surface area contributed by atoms with Crippen molar-refractivity contribution in [3.8, 4) is 0 Å². The molecule has 0 unspecified atom stereocenters. The number of nitrogens with one attached hydrogen (secondary N) is 1. The van der Waals surface area contributed by atoms with Gasteiger partial charge in [-0.15, -0.1) is 11.3 Å². The first-order chi connectivity index (χ1) is 18.8. The second-order valence-corrected chi connectivity index (χ2v) is 11.6. The molecule has 2 aliphatic heterocycles. The molecular weight excluding hydrogens is 555 g/mol. The van der Waals surface area contributed by atoms with E-state index >= 15 is 0 Å². The number of rotatable bonds is 6. The Bertz CT molecular complexity index is 1330. The van der Waals surface area contributed by atoms with Crippen LogP contribution in [-0.4, -0.2) is 90.4 Å². The van der Waals surface area contributed by atoms with Gasteiger partial charge in [-0.1, -0.05) is 41.4 Å². The number of carbonyl (C=O) groups excluding carboxylic acids is 2. The minimum atomic E-state index is -0.0953. The zero-order valence-electron chi connectivity index (χ0n) is 22.1. The van der Waals surface area contributed by atoms with Crippen molar-refractivity contribution in [1.82, 2.24) is 19.7 Å². The minimum absolute atomic E-state index is 0.0953. The van der Waals surface area contributed by atoms with E-state index < -0.39 is 0 Å². The van der Waals surface area contributed by atoms with E-state index in [-0.39, 0.29) is 11.8 Å². The lowest BCUT2D eigenvalue weighted by Gasteiger charge is -2.39. The highest BCUT2D eigenvalue weighted by molar-refractivity contribution is 7.14. The second-order valence-electron chi connectivity index (χ2n) is 9.97. The minimum Gasteiger partial charge on any atom is -0.368 e. The summed E-state index contributed by atoms with van der Waals surface area (Å²) in [7, 11) is 0. The van der Waals surface area contributed by atoms with Crippen molar-refractivity contribution in [3.63, 3.8) is 0 Å². The number of hydrogen-bond acceptors (Lipinski definition) is 7. The first kappa shape index (κ1) is 27.7. The van der Waals surface area contributed by atoms with Gasteiger partial charge in [-0.25, -0.2) is 4.98 Å². The molecule has 0 saturated carbocycles. The highest BCUT2D eigenvalue weighted by atomic mass is 35.5. The zero-order chi connectivity index (χ0) is 27.5. The molecule has 8 nitrogen and oxygen atoms in total. The third-order valence-electron chi connectivity index (χ3n) is 7.30. The van der Waals surface area contributed by atoms with E-state index in [2.05, 4.69) is 52.1 Å². The van der Waals surface area contributed by atoms with Crippen LogP contribution in [0.4, 0.5) is 16.5 Å². The van der Waals surface area contributed by atoms with Crippen LogP contribution >= 0.6 is 34.5 Å². The van der Waals surface area contributed by atoms with Crippen LogP contribution in [0.25, 0.3) is 0 Å². The number of anilines is 3. The Balaban J connectivity index is 1.08. The largest absolute Gasteiger partial charge is 0.368 e. The standard InChI is InChI=1S/C28H32Cl2N6O2S/c1-19-4-3-5-20(2)26(19)35-14-12-34(13-15-35)25(37)17-33-8-10-36(11-9-33)27(38)24-18-39-28(32-24)31-21-6-7-22(29)23(30)16-21/h3-7,16,18H,8-15,17H2,1-2H3,(H,31,32). The van der Waals surface area contributed by atoms with Crippen molar-refractivity contribution in [2.24, 2.45) is 0 Å². The van der Waals surface area contributed by atoms with Crippen molar-refractivity contribution in [2.75, 3.05) is 69.1 Å². The third kappa shape index (κ3) is 6.49. The number of aromatic nitrogens is 1. The zero-order valence-corrected chi connectivity index (χ0v) is 24.5. The molecule has 206 valence electrons. The summed E-state index contributed by atoms with van der Waals surface area (Å²) < 4.78 is 0. The average molecular weight is 588 g/mol. The Morgan fingerprint density at radius 3 is 2.23 bits per heavy atom.